The summed E-state index contributed by atoms with van der Waals surface area (Å²) in [6, 6.07) is 22.0. The SMILES string of the molecule is CCc1ccc(CC(=O)N(Cc2ccccn2)c2nc3ccccc3s2)cc1. The zero-order valence-electron chi connectivity index (χ0n) is 15.7. The molecule has 0 unspecified atom stereocenters. The number of para-hydroxylation sites is 1. The maximum absolute atomic E-state index is 13.2. The number of benzene rings is 2. The molecule has 140 valence electrons. The third-order valence-electron chi connectivity index (χ3n) is 4.65. The first-order valence-electron chi connectivity index (χ1n) is 9.36. The van der Waals surface area contributed by atoms with Gasteiger partial charge < -0.3 is 0 Å². The highest BCUT2D eigenvalue weighted by Gasteiger charge is 2.21. The second kappa shape index (κ2) is 8.31. The van der Waals surface area contributed by atoms with Gasteiger partial charge >= 0.3 is 0 Å². The van der Waals surface area contributed by atoms with E-state index in [1.165, 1.54) is 16.9 Å². The molecule has 0 atom stereocenters. The van der Waals surface area contributed by atoms with Gasteiger partial charge in [0.1, 0.15) is 0 Å². The van der Waals surface area contributed by atoms with E-state index < -0.39 is 0 Å². The summed E-state index contributed by atoms with van der Waals surface area (Å²) < 4.78 is 1.07. The Hall–Kier alpha value is -3.05. The topological polar surface area (TPSA) is 46.1 Å². The molecule has 0 saturated heterocycles. The van der Waals surface area contributed by atoms with Crippen LogP contribution in [-0.4, -0.2) is 15.9 Å². The van der Waals surface area contributed by atoms with Crippen LogP contribution < -0.4 is 4.90 Å². The Balaban J connectivity index is 1.64. The van der Waals surface area contributed by atoms with Crippen molar-refractivity contribution in [3.05, 3.63) is 89.7 Å². The maximum atomic E-state index is 13.2. The molecule has 0 radical (unpaired) electrons. The van der Waals surface area contributed by atoms with Crippen LogP contribution in [0.3, 0.4) is 0 Å². The summed E-state index contributed by atoms with van der Waals surface area (Å²) in [7, 11) is 0. The minimum Gasteiger partial charge on any atom is -0.282 e. The van der Waals surface area contributed by atoms with Crippen molar-refractivity contribution >= 4 is 32.6 Å². The number of hydrogen-bond donors (Lipinski definition) is 0. The van der Waals surface area contributed by atoms with Crippen LogP contribution in [0.25, 0.3) is 10.2 Å². The van der Waals surface area contributed by atoms with Gasteiger partial charge in [0.25, 0.3) is 0 Å². The zero-order valence-corrected chi connectivity index (χ0v) is 16.5. The summed E-state index contributed by atoms with van der Waals surface area (Å²) in [6.45, 7) is 2.54. The van der Waals surface area contributed by atoms with Gasteiger partial charge in [0.05, 0.1) is 28.9 Å². The summed E-state index contributed by atoms with van der Waals surface area (Å²) in [5.74, 6) is 0.0222. The maximum Gasteiger partial charge on any atom is 0.233 e. The van der Waals surface area contributed by atoms with Crippen LogP contribution in [0, 0.1) is 0 Å². The van der Waals surface area contributed by atoms with Gasteiger partial charge in [-0.1, -0.05) is 60.7 Å². The zero-order chi connectivity index (χ0) is 19.3. The van der Waals surface area contributed by atoms with Crippen LogP contribution in [0.4, 0.5) is 5.13 Å². The molecule has 1 amide bonds. The van der Waals surface area contributed by atoms with Gasteiger partial charge in [-0.25, -0.2) is 4.98 Å². The van der Waals surface area contributed by atoms with Crippen LogP contribution >= 0.6 is 11.3 Å². The van der Waals surface area contributed by atoms with E-state index in [0.29, 0.717) is 18.1 Å². The highest BCUT2D eigenvalue weighted by molar-refractivity contribution is 7.22. The van der Waals surface area contributed by atoms with Gasteiger partial charge in [-0.05, 0) is 41.8 Å². The molecule has 0 N–H and O–H groups in total. The number of fused-ring (bicyclic) bond motifs is 1. The second-order valence-electron chi connectivity index (χ2n) is 6.61. The van der Waals surface area contributed by atoms with Crippen molar-refractivity contribution in [3.8, 4) is 0 Å². The first-order chi connectivity index (χ1) is 13.7. The quantitative estimate of drug-likeness (QED) is 0.466. The van der Waals surface area contributed by atoms with E-state index in [1.807, 2.05) is 54.6 Å². The van der Waals surface area contributed by atoms with Crippen molar-refractivity contribution in [1.29, 1.82) is 0 Å². The fourth-order valence-corrected chi connectivity index (χ4v) is 4.04. The van der Waals surface area contributed by atoms with Crippen LogP contribution in [0.2, 0.25) is 0 Å². The molecule has 0 bridgehead atoms. The van der Waals surface area contributed by atoms with E-state index in [1.54, 1.807) is 11.1 Å². The fraction of sp³-hybridized carbons (Fsp3) is 0.174. The second-order valence-corrected chi connectivity index (χ2v) is 7.62. The molecule has 5 heteroatoms. The Morgan fingerprint density at radius 3 is 2.43 bits per heavy atom. The molecule has 0 aliphatic carbocycles. The minimum atomic E-state index is 0.0222. The average Bonchev–Trinajstić information content (AvgIpc) is 3.17. The number of nitrogens with zero attached hydrogens (tertiary/aromatic N) is 3. The first-order valence-corrected chi connectivity index (χ1v) is 10.2. The Labute approximate surface area is 168 Å². The number of rotatable bonds is 6. The fourth-order valence-electron chi connectivity index (χ4n) is 3.05. The monoisotopic (exact) mass is 387 g/mol. The molecule has 0 spiro atoms. The van der Waals surface area contributed by atoms with Crippen LogP contribution in [0.1, 0.15) is 23.7 Å². The Kier molecular flexibility index (Phi) is 5.44. The molecule has 0 aliphatic heterocycles. The average molecular weight is 388 g/mol. The summed E-state index contributed by atoms with van der Waals surface area (Å²) in [5, 5.41) is 0.710. The number of carbonyl (C=O) groups is 1. The normalized spacial score (nSPS) is 10.9. The molecule has 0 aliphatic rings. The third kappa shape index (κ3) is 4.10. The van der Waals surface area contributed by atoms with Gasteiger partial charge in [0.15, 0.2) is 5.13 Å². The molecule has 2 aromatic heterocycles. The lowest BCUT2D eigenvalue weighted by molar-refractivity contribution is -0.118. The lowest BCUT2D eigenvalue weighted by atomic mass is 10.1. The van der Waals surface area contributed by atoms with E-state index in [9.17, 15) is 4.79 Å². The van der Waals surface area contributed by atoms with Gasteiger partial charge in [0, 0.05) is 6.20 Å². The molecule has 4 aromatic rings. The van der Waals surface area contributed by atoms with Gasteiger partial charge in [0.2, 0.25) is 5.91 Å². The third-order valence-corrected chi connectivity index (χ3v) is 5.71. The van der Waals surface area contributed by atoms with Crippen molar-refractivity contribution in [3.63, 3.8) is 0 Å². The van der Waals surface area contributed by atoms with E-state index >= 15 is 0 Å². The molecule has 4 rings (SSSR count). The predicted molar refractivity (Wildman–Crippen MR) is 115 cm³/mol. The number of amides is 1. The van der Waals surface area contributed by atoms with E-state index in [2.05, 4.69) is 24.0 Å². The van der Waals surface area contributed by atoms with Gasteiger partial charge in [-0.3, -0.25) is 14.7 Å². The molecule has 28 heavy (non-hydrogen) atoms. The van der Waals surface area contributed by atoms with Crippen molar-refractivity contribution in [2.75, 3.05) is 4.90 Å². The highest BCUT2D eigenvalue weighted by Crippen LogP contribution is 2.30. The predicted octanol–water partition coefficient (Wildman–Crippen LogP) is 5.03. The molecule has 2 aromatic carbocycles. The smallest absolute Gasteiger partial charge is 0.233 e. The number of aryl methyl sites for hydroxylation is 1. The van der Waals surface area contributed by atoms with E-state index in [0.717, 1.165) is 27.9 Å². The molecule has 0 fully saturated rings. The number of pyridine rings is 1. The highest BCUT2D eigenvalue weighted by atomic mass is 32.1. The van der Waals surface area contributed by atoms with Gasteiger partial charge in [-0.2, -0.15) is 0 Å². The molecule has 2 heterocycles. The lowest BCUT2D eigenvalue weighted by Crippen LogP contribution is -2.32. The summed E-state index contributed by atoms with van der Waals surface area (Å²) >= 11 is 1.54. The number of aromatic nitrogens is 2. The van der Waals surface area contributed by atoms with Crippen LogP contribution in [0.15, 0.2) is 72.9 Å². The Morgan fingerprint density at radius 1 is 0.964 bits per heavy atom. The summed E-state index contributed by atoms with van der Waals surface area (Å²) in [4.78, 5) is 24.1. The molecular weight excluding hydrogens is 366 g/mol. The molecule has 4 nitrogen and oxygen atoms in total. The first kappa shape index (κ1) is 18.3. The van der Waals surface area contributed by atoms with Crippen LogP contribution in [0.5, 0.6) is 0 Å². The number of anilines is 1. The standard InChI is InChI=1S/C23H21N3OS/c1-2-17-10-12-18(13-11-17)15-22(27)26(16-19-7-5-6-14-24-19)23-25-20-8-3-4-9-21(20)28-23/h3-14H,2,15-16H2,1H3. The van der Waals surface area contributed by atoms with Crippen molar-refractivity contribution in [1.82, 2.24) is 9.97 Å². The van der Waals surface area contributed by atoms with Gasteiger partial charge in [-0.15, -0.1) is 0 Å². The minimum absolute atomic E-state index is 0.0222. The van der Waals surface area contributed by atoms with Crippen LogP contribution in [-0.2, 0) is 24.2 Å². The number of carbonyl (C=O) groups excluding carboxylic acids is 1. The van der Waals surface area contributed by atoms with Crippen molar-refractivity contribution < 1.29 is 4.79 Å². The van der Waals surface area contributed by atoms with Crippen molar-refractivity contribution in [2.24, 2.45) is 0 Å². The summed E-state index contributed by atoms with van der Waals surface area (Å²) in [5.41, 5.74) is 4.03. The molecule has 0 saturated carbocycles. The van der Waals surface area contributed by atoms with Crippen molar-refractivity contribution in [2.45, 2.75) is 26.3 Å². The van der Waals surface area contributed by atoms with E-state index in [4.69, 9.17) is 4.98 Å². The Morgan fingerprint density at radius 2 is 1.71 bits per heavy atom. The van der Waals surface area contributed by atoms with E-state index in [-0.39, 0.29) is 5.91 Å². The molecular formula is C23H21N3OS. The Bertz CT molecular complexity index is 1040. The lowest BCUT2D eigenvalue weighted by Gasteiger charge is -2.19. The number of thiazole rings is 1. The largest absolute Gasteiger partial charge is 0.282 e. The summed E-state index contributed by atoms with van der Waals surface area (Å²) in [6.07, 6.45) is 3.08. The number of hydrogen-bond acceptors (Lipinski definition) is 4.